The lowest BCUT2D eigenvalue weighted by Gasteiger charge is -2.11. The van der Waals surface area contributed by atoms with Gasteiger partial charge >= 0.3 is 0 Å². The zero-order valence-electron chi connectivity index (χ0n) is 7.52. The zero-order valence-corrected chi connectivity index (χ0v) is 8.34. The van der Waals surface area contributed by atoms with Crippen molar-refractivity contribution in [1.29, 1.82) is 0 Å². The summed E-state index contributed by atoms with van der Waals surface area (Å²) in [5.41, 5.74) is 4.72. The van der Waals surface area contributed by atoms with E-state index >= 15 is 0 Å². The summed E-state index contributed by atoms with van der Waals surface area (Å²) in [6, 6.07) is 1.62. The van der Waals surface area contributed by atoms with Crippen LogP contribution in [0.4, 0.5) is 8.78 Å². The van der Waals surface area contributed by atoms with E-state index in [1.807, 2.05) is 0 Å². The third-order valence-electron chi connectivity index (χ3n) is 1.76. The molecular formula is C8H9F2NO3S. The van der Waals surface area contributed by atoms with Gasteiger partial charge in [-0.05, 0) is 12.1 Å². The molecule has 0 fully saturated rings. The molecule has 0 amide bonds. The lowest BCUT2D eigenvalue weighted by atomic mass is 10.1. The Kier molecular flexibility index (Phi) is 3.38. The highest BCUT2D eigenvalue weighted by Crippen LogP contribution is 2.19. The van der Waals surface area contributed by atoms with Crippen LogP contribution in [0.3, 0.4) is 0 Å². The van der Waals surface area contributed by atoms with Crippen LogP contribution in [-0.4, -0.2) is 18.7 Å². The highest BCUT2D eigenvalue weighted by molar-refractivity contribution is 7.85. The highest BCUT2D eigenvalue weighted by Gasteiger charge is 2.21. The Bertz CT molecular complexity index is 441. The first-order valence-electron chi connectivity index (χ1n) is 3.96. The van der Waals surface area contributed by atoms with Crippen molar-refractivity contribution in [3.8, 4) is 0 Å². The molecule has 84 valence electrons. The fraction of sp³-hybridized carbons (Fsp3) is 0.250. The fourth-order valence-electron chi connectivity index (χ4n) is 1.18. The van der Waals surface area contributed by atoms with E-state index in [1.54, 1.807) is 0 Å². The molecular weight excluding hydrogens is 228 g/mol. The average molecular weight is 237 g/mol. The Morgan fingerprint density at radius 3 is 2.20 bits per heavy atom. The van der Waals surface area contributed by atoms with Gasteiger partial charge in [-0.25, -0.2) is 8.78 Å². The molecule has 0 saturated carbocycles. The summed E-state index contributed by atoms with van der Waals surface area (Å²) in [6.07, 6.45) is 0. The van der Waals surface area contributed by atoms with E-state index in [0.717, 1.165) is 18.2 Å². The minimum absolute atomic E-state index is 0.546. The molecule has 0 saturated heterocycles. The van der Waals surface area contributed by atoms with E-state index in [4.69, 9.17) is 10.3 Å². The van der Waals surface area contributed by atoms with Gasteiger partial charge < -0.3 is 5.73 Å². The number of benzene rings is 1. The summed E-state index contributed by atoms with van der Waals surface area (Å²) in [4.78, 5) is 0. The van der Waals surface area contributed by atoms with Crippen molar-refractivity contribution in [3.05, 3.63) is 35.4 Å². The maximum absolute atomic E-state index is 13.1. The van der Waals surface area contributed by atoms with Crippen molar-refractivity contribution >= 4 is 10.1 Å². The van der Waals surface area contributed by atoms with E-state index in [1.165, 1.54) is 0 Å². The summed E-state index contributed by atoms with van der Waals surface area (Å²) >= 11 is 0. The lowest BCUT2D eigenvalue weighted by molar-refractivity contribution is 0.473. The standard InChI is InChI=1S/C8H9F2NO3S/c9-5-2-1-3-6(10)8(5)7(11)4-15(12,13)14/h1-3,7H,4,11H2,(H,12,13,14). The summed E-state index contributed by atoms with van der Waals surface area (Å²) in [6.45, 7) is 0. The Morgan fingerprint density at radius 1 is 1.33 bits per heavy atom. The molecule has 1 atom stereocenters. The number of halogens is 2. The van der Waals surface area contributed by atoms with Crippen LogP contribution in [-0.2, 0) is 10.1 Å². The lowest BCUT2D eigenvalue weighted by Crippen LogP contribution is -2.23. The Morgan fingerprint density at radius 2 is 1.80 bits per heavy atom. The first kappa shape index (κ1) is 12.0. The summed E-state index contributed by atoms with van der Waals surface area (Å²) in [7, 11) is -4.36. The van der Waals surface area contributed by atoms with Crippen LogP contribution in [0, 0.1) is 11.6 Å². The number of nitrogens with two attached hydrogens (primary N) is 1. The van der Waals surface area contributed by atoms with E-state index in [2.05, 4.69) is 0 Å². The minimum Gasteiger partial charge on any atom is -0.323 e. The van der Waals surface area contributed by atoms with E-state index < -0.39 is 39.1 Å². The third kappa shape index (κ3) is 3.22. The van der Waals surface area contributed by atoms with Crippen LogP contribution in [0.5, 0.6) is 0 Å². The topological polar surface area (TPSA) is 80.4 Å². The monoisotopic (exact) mass is 237 g/mol. The average Bonchev–Trinajstić information content (AvgIpc) is 1.99. The summed E-state index contributed by atoms with van der Waals surface area (Å²) in [5, 5.41) is 0. The summed E-state index contributed by atoms with van der Waals surface area (Å²) in [5.74, 6) is -2.80. The SMILES string of the molecule is NC(CS(=O)(=O)O)c1c(F)cccc1F. The molecule has 0 radical (unpaired) electrons. The first-order chi connectivity index (χ1) is 6.81. The van der Waals surface area contributed by atoms with Crippen LogP contribution in [0.1, 0.15) is 11.6 Å². The van der Waals surface area contributed by atoms with Gasteiger partial charge in [0.2, 0.25) is 0 Å². The molecule has 1 aromatic carbocycles. The van der Waals surface area contributed by atoms with Gasteiger partial charge in [0.25, 0.3) is 10.1 Å². The largest absolute Gasteiger partial charge is 0.323 e. The van der Waals surface area contributed by atoms with Crippen LogP contribution in [0.25, 0.3) is 0 Å². The molecule has 4 nitrogen and oxygen atoms in total. The van der Waals surface area contributed by atoms with E-state index in [-0.39, 0.29) is 0 Å². The quantitative estimate of drug-likeness (QED) is 0.764. The van der Waals surface area contributed by atoms with Gasteiger partial charge in [-0.3, -0.25) is 4.55 Å². The van der Waals surface area contributed by atoms with Crippen molar-refractivity contribution in [1.82, 2.24) is 0 Å². The second-order valence-electron chi connectivity index (χ2n) is 2.99. The minimum atomic E-state index is -4.36. The molecule has 0 spiro atoms. The van der Waals surface area contributed by atoms with E-state index in [9.17, 15) is 17.2 Å². The van der Waals surface area contributed by atoms with Gasteiger partial charge in [0.05, 0.1) is 11.8 Å². The molecule has 1 rings (SSSR count). The van der Waals surface area contributed by atoms with Crippen LogP contribution in [0.15, 0.2) is 18.2 Å². The molecule has 15 heavy (non-hydrogen) atoms. The van der Waals surface area contributed by atoms with Gasteiger partial charge in [0.15, 0.2) is 0 Å². The van der Waals surface area contributed by atoms with Gasteiger partial charge in [-0.15, -0.1) is 0 Å². The first-order valence-corrected chi connectivity index (χ1v) is 5.57. The smallest absolute Gasteiger partial charge is 0.266 e. The molecule has 1 aromatic rings. The van der Waals surface area contributed by atoms with Crippen LogP contribution < -0.4 is 5.73 Å². The molecule has 7 heteroatoms. The van der Waals surface area contributed by atoms with Gasteiger partial charge in [-0.1, -0.05) is 6.07 Å². The van der Waals surface area contributed by atoms with Crippen molar-refractivity contribution < 1.29 is 21.8 Å². The second kappa shape index (κ2) is 4.21. The predicted octanol–water partition coefficient (Wildman–Crippen LogP) is 0.852. The Hall–Kier alpha value is -1.05. The molecule has 1 unspecified atom stereocenters. The molecule has 3 N–H and O–H groups in total. The molecule has 0 aromatic heterocycles. The fourth-order valence-corrected chi connectivity index (χ4v) is 1.80. The number of rotatable bonds is 3. The van der Waals surface area contributed by atoms with Crippen molar-refractivity contribution in [2.75, 3.05) is 5.75 Å². The van der Waals surface area contributed by atoms with Gasteiger partial charge in [0, 0.05) is 5.56 Å². The van der Waals surface area contributed by atoms with Crippen molar-refractivity contribution in [2.45, 2.75) is 6.04 Å². The number of hydrogen-bond donors (Lipinski definition) is 2. The van der Waals surface area contributed by atoms with Crippen LogP contribution >= 0.6 is 0 Å². The molecule has 0 aliphatic heterocycles. The van der Waals surface area contributed by atoms with Crippen LogP contribution in [0.2, 0.25) is 0 Å². The normalized spacial score (nSPS) is 13.9. The Balaban J connectivity index is 3.06. The molecule has 0 bridgehead atoms. The Labute approximate surface area is 85.5 Å². The van der Waals surface area contributed by atoms with Crippen molar-refractivity contribution in [2.24, 2.45) is 5.73 Å². The van der Waals surface area contributed by atoms with Gasteiger partial charge in [0.1, 0.15) is 11.6 Å². The zero-order chi connectivity index (χ0) is 11.6. The van der Waals surface area contributed by atoms with E-state index in [0.29, 0.717) is 0 Å². The molecule has 0 heterocycles. The van der Waals surface area contributed by atoms with Gasteiger partial charge in [-0.2, -0.15) is 8.42 Å². The predicted molar refractivity (Wildman–Crippen MR) is 49.7 cm³/mol. The third-order valence-corrected chi connectivity index (χ3v) is 2.54. The molecule has 0 aliphatic carbocycles. The maximum atomic E-state index is 13.1. The highest BCUT2D eigenvalue weighted by atomic mass is 32.2. The maximum Gasteiger partial charge on any atom is 0.266 e. The molecule has 0 aliphatic rings. The van der Waals surface area contributed by atoms with Crippen molar-refractivity contribution in [3.63, 3.8) is 0 Å². The number of hydrogen-bond acceptors (Lipinski definition) is 3. The summed E-state index contributed by atoms with van der Waals surface area (Å²) < 4.78 is 55.6. The second-order valence-corrected chi connectivity index (χ2v) is 4.49.